The minimum absolute atomic E-state index is 0.236. The van der Waals surface area contributed by atoms with Crippen LogP contribution >= 0.6 is 11.3 Å². The highest BCUT2D eigenvalue weighted by Crippen LogP contribution is 2.25. The first-order valence-corrected chi connectivity index (χ1v) is 10.0. The van der Waals surface area contributed by atoms with E-state index in [0.29, 0.717) is 28.0 Å². The SMILES string of the molecule is COc1ccc(/C=c2/sc3nc(=O)c(Cc4ccc(C)cc4)nn3c2=O)c(OC)c1. The second-order valence-corrected chi connectivity index (χ2v) is 7.75. The lowest BCUT2D eigenvalue weighted by atomic mass is 10.1. The fraction of sp³-hybridized carbons (Fsp3) is 0.182. The predicted octanol–water partition coefficient (Wildman–Crippen LogP) is 1.98. The summed E-state index contributed by atoms with van der Waals surface area (Å²) in [5.41, 5.74) is 2.26. The van der Waals surface area contributed by atoms with Crippen LogP contribution in [0.25, 0.3) is 11.0 Å². The van der Waals surface area contributed by atoms with E-state index in [1.807, 2.05) is 31.2 Å². The number of hydrogen-bond donors (Lipinski definition) is 0. The molecule has 152 valence electrons. The average molecular weight is 421 g/mol. The van der Waals surface area contributed by atoms with Crippen LogP contribution in [0.15, 0.2) is 52.1 Å². The van der Waals surface area contributed by atoms with Crippen molar-refractivity contribution < 1.29 is 9.47 Å². The Hall–Kier alpha value is -3.52. The number of nitrogens with zero attached hydrogens (tertiary/aromatic N) is 3. The van der Waals surface area contributed by atoms with E-state index in [1.165, 1.54) is 4.52 Å². The van der Waals surface area contributed by atoms with Crippen molar-refractivity contribution in [1.82, 2.24) is 14.6 Å². The summed E-state index contributed by atoms with van der Waals surface area (Å²) in [7, 11) is 3.12. The maximum atomic E-state index is 12.9. The zero-order valence-electron chi connectivity index (χ0n) is 16.7. The number of ether oxygens (including phenoxy) is 2. The van der Waals surface area contributed by atoms with Gasteiger partial charge >= 0.3 is 0 Å². The van der Waals surface area contributed by atoms with E-state index < -0.39 is 5.56 Å². The summed E-state index contributed by atoms with van der Waals surface area (Å²) in [6, 6.07) is 13.1. The Bertz CT molecular complexity index is 1390. The molecule has 0 atom stereocenters. The number of aromatic nitrogens is 3. The third-order valence-corrected chi connectivity index (χ3v) is 5.63. The molecule has 4 rings (SSSR count). The molecule has 2 aromatic heterocycles. The molecule has 8 heteroatoms. The van der Waals surface area contributed by atoms with Crippen molar-refractivity contribution >= 4 is 22.4 Å². The monoisotopic (exact) mass is 421 g/mol. The molecule has 7 nitrogen and oxygen atoms in total. The zero-order chi connectivity index (χ0) is 21.3. The molecule has 0 unspecified atom stereocenters. The summed E-state index contributed by atoms with van der Waals surface area (Å²) < 4.78 is 12.2. The lowest BCUT2D eigenvalue weighted by molar-refractivity contribution is 0.393. The Kier molecular flexibility index (Phi) is 5.33. The van der Waals surface area contributed by atoms with E-state index in [2.05, 4.69) is 10.1 Å². The second kappa shape index (κ2) is 8.08. The van der Waals surface area contributed by atoms with Gasteiger partial charge in [0, 0.05) is 18.1 Å². The van der Waals surface area contributed by atoms with E-state index in [-0.39, 0.29) is 16.2 Å². The van der Waals surface area contributed by atoms with Crippen LogP contribution in [0.4, 0.5) is 0 Å². The summed E-state index contributed by atoms with van der Waals surface area (Å²) in [5, 5.41) is 4.29. The summed E-state index contributed by atoms with van der Waals surface area (Å²) in [6.45, 7) is 2.00. The van der Waals surface area contributed by atoms with Crippen molar-refractivity contribution in [3.8, 4) is 11.5 Å². The van der Waals surface area contributed by atoms with Gasteiger partial charge < -0.3 is 9.47 Å². The highest BCUT2D eigenvalue weighted by atomic mass is 32.1. The van der Waals surface area contributed by atoms with Crippen LogP contribution in [0.5, 0.6) is 11.5 Å². The number of benzene rings is 2. The summed E-state index contributed by atoms with van der Waals surface area (Å²) >= 11 is 1.11. The minimum atomic E-state index is -0.426. The van der Waals surface area contributed by atoms with Gasteiger partial charge in [-0.15, -0.1) is 0 Å². The fourth-order valence-corrected chi connectivity index (χ4v) is 3.93. The Morgan fingerprint density at radius 3 is 2.53 bits per heavy atom. The molecule has 0 N–H and O–H groups in total. The molecular formula is C22H19N3O4S. The van der Waals surface area contributed by atoms with Gasteiger partial charge in [0.15, 0.2) is 0 Å². The Morgan fingerprint density at radius 1 is 1.07 bits per heavy atom. The molecule has 4 aromatic rings. The normalized spacial score (nSPS) is 11.8. The molecule has 0 saturated heterocycles. The van der Waals surface area contributed by atoms with Crippen LogP contribution in [0.3, 0.4) is 0 Å². The molecule has 0 aliphatic rings. The maximum absolute atomic E-state index is 12.9. The molecule has 0 aliphatic heterocycles. The quantitative estimate of drug-likeness (QED) is 0.490. The zero-order valence-corrected chi connectivity index (χ0v) is 17.5. The highest BCUT2D eigenvalue weighted by Gasteiger charge is 2.12. The van der Waals surface area contributed by atoms with Crippen LogP contribution in [0.1, 0.15) is 22.4 Å². The van der Waals surface area contributed by atoms with Gasteiger partial charge in [0.05, 0.1) is 18.8 Å². The van der Waals surface area contributed by atoms with E-state index >= 15 is 0 Å². The van der Waals surface area contributed by atoms with Crippen LogP contribution in [0.2, 0.25) is 0 Å². The van der Waals surface area contributed by atoms with Crippen molar-refractivity contribution in [3.05, 3.63) is 90.1 Å². The van der Waals surface area contributed by atoms with E-state index in [4.69, 9.17) is 9.47 Å². The molecule has 0 radical (unpaired) electrons. The van der Waals surface area contributed by atoms with Crippen molar-refractivity contribution in [2.75, 3.05) is 14.2 Å². The molecule has 0 fully saturated rings. The maximum Gasteiger partial charge on any atom is 0.296 e. The molecule has 0 aliphatic carbocycles. The van der Waals surface area contributed by atoms with Crippen LogP contribution < -0.4 is 25.1 Å². The van der Waals surface area contributed by atoms with Crippen LogP contribution in [-0.2, 0) is 6.42 Å². The first kappa shape index (κ1) is 19.8. The van der Waals surface area contributed by atoms with Gasteiger partial charge in [-0.3, -0.25) is 9.59 Å². The predicted molar refractivity (Wildman–Crippen MR) is 116 cm³/mol. The Morgan fingerprint density at radius 2 is 1.83 bits per heavy atom. The minimum Gasteiger partial charge on any atom is -0.497 e. The van der Waals surface area contributed by atoms with Crippen LogP contribution in [-0.4, -0.2) is 28.8 Å². The van der Waals surface area contributed by atoms with Gasteiger partial charge in [-0.25, -0.2) is 0 Å². The average Bonchev–Trinajstić information content (AvgIpc) is 3.04. The highest BCUT2D eigenvalue weighted by molar-refractivity contribution is 7.15. The van der Waals surface area contributed by atoms with Crippen molar-refractivity contribution in [2.45, 2.75) is 13.3 Å². The van der Waals surface area contributed by atoms with Crippen molar-refractivity contribution in [3.63, 3.8) is 0 Å². The first-order valence-electron chi connectivity index (χ1n) is 9.20. The molecule has 2 aromatic carbocycles. The standard InChI is InChI=1S/C22H19N3O4S/c1-13-4-6-14(7-5-13)10-17-20(26)23-22-25(24-17)21(27)19(30-22)11-15-8-9-16(28-2)12-18(15)29-3/h4-9,11-12H,10H2,1-3H3/b19-11+. The van der Waals surface area contributed by atoms with Gasteiger partial charge in [0.1, 0.15) is 17.2 Å². The molecule has 2 heterocycles. The second-order valence-electron chi connectivity index (χ2n) is 6.74. The lowest BCUT2D eigenvalue weighted by Crippen LogP contribution is -2.28. The third kappa shape index (κ3) is 3.81. The summed E-state index contributed by atoms with van der Waals surface area (Å²) in [4.78, 5) is 29.7. The van der Waals surface area contributed by atoms with Crippen molar-refractivity contribution in [2.24, 2.45) is 0 Å². The van der Waals surface area contributed by atoms with Gasteiger partial charge in [-0.1, -0.05) is 41.2 Å². The first-order chi connectivity index (χ1) is 14.5. The van der Waals surface area contributed by atoms with Gasteiger partial charge in [-0.05, 0) is 30.7 Å². The molecule has 0 amide bonds. The Labute approximate surface area is 175 Å². The number of hydrogen-bond acceptors (Lipinski definition) is 7. The number of thiazole rings is 1. The molecular weight excluding hydrogens is 402 g/mol. The van der Waals surface area contributed by atoms with E-state index in [0.717, 1.165) is 22.5 Å². The molecule has 0 spiro atoms. The molecule has 0 saturated carbocycles. The fourth-order valence-electron chi connectivity index (χ4n) is 3.03. The third-order valence-electron chi connectivity index (χ3n) is 4.67. The van der Waals surface area contributed by atoms with E-state index in [1.54, 1.807) is 38.5 Å². The van der Waals surface area contributed by atoms with E-state index in [9.17, 15) is 9.59 Å². The largest absolute Gasteiger partial charge is 0.497 e. The summed E-state index contributed by atoms with van der Waals surface area (Å²) in [6.07, 6.45) is 2.02. The molecule has 0 bridgehead atoms. The van der Waals surface area contributed by atoms with Gasteiger partial charge in [0.25, 0.3) is 11.1 Å². The van der Waals surface area contributed by atoms with Gasteiger partial charge in [0.2, 0.25) is 4.96 Å². The number of fused-ring (bicyclic) bond motifs is 1. The molecule has 30 heavy (non-hydrogen) atoms. The van der Waals surface area contributed by atoms with Crippen molar-refractivity contribution in [1.29, 1.82) is 0 Å². The van der Waals surface area contributed by atoms with Crippen LogP contribution in [0, 0.1) is 6.92 Å². The van der Waals surface area contributed by atoms with Gasteiger partial charge in [-0.2, -0.15) is 14.6 Å². The topological polar surface area (TPSA) is 82.8 Å². The lowest BCUT2D eigenvalue weighted by Gasteiger charge is -2.06. The Balaban J connectivity index is 1.79. The number of aryl methyl sites for hydroxylation is 1. The summed E-state index contributed by atoms with van der Waals surface area (Å²) in [5.74, 6) is 1.22. The number of methoxy groups -OCH3 is 2. The number of rotatable bonds is 5. The smallest absolute Gasteiger partial charge is 0.296 e.